The number of hydrogen-bond donors (Lipinski definition) is 0. The summed E-state index contributed by atoms with van der Waals surface area (Å²) in [7, 11) is 0. The van der Waals surface area contributed by atoms with E-state index >= 15 is 0 Å². The minimum atomic E-state index is 0.561. The van der Waals surface area contributed by atoms with E-state index < -0.39 is 0 Å². The predicted octanol–water partition coefficient (Wildman–Crippen LogP) is 14.5. The van der Waals surface area contributed by atoms with Gasteiger partial charge in [0.25, 0.3) is 0 Å². The van der Waals surface area contributed by atoms with Crippen molar-refractivity contribution in [1.82, 2.24) is 19.5 Å². The van der Waals surface area contributed by atoms with Crippen molar-refractivity contribution >= 4 is 86.8 Å². The van der Waals surface area contributed by atoms with Gasteiger partial charge in [-0.05, 0) is 86.2 Å². The molecular formula is C55H32N4O. The Labute approximate surface area is 343 Å². The summed E-state index contributed by atoms with van der Waals surface area (Å²) in [5.74, 6) is 1.79. The van der Waals surface area contributed by atoms with Gasteiger partial charge in [0.05, 0.1) is 22.3 Å². The van der Waals surface area contributed by atoms with Crippen LogP contribution in [0.5, 0.6) is 0 Å². The predicted molar refractivity (Wildman–Crippen MR) is 248 cm³/mol. The van der Waals surface area contributed by atoms with Crippen molar-refractivity contribution in [2.75, 3.05) is 0 Å². The molecule has 278 valence electrons. The van der Waals surface area contributed by atoms with Gasteiger partial charge in [0.1, 0.15) is 11.2 Å². The number of rotatable bonds is 4. The summed E-state index contributed by atoms with van der Waals surface area (Å²) < 4.78 is 9.32. The molecule has 60 heavy (non-hydrogen) atoms. The Morgan fingerprint density at radius 3 is 1.62 bits per heavy atom. The number of nitrogens with zero attached hydrogens (tertiary/aromatic N) is 4. The Morgan fingerprint density at radius 1 is 0.350 bits per heavy atom. The number of fused-ring (bicyclic) bond motifs is 11. The molecule has 0 aliphatic rings. The highest BCUT2D eigenvalue weighted by Crippen LogP contribution is 2.43. The zero-order valence-electron chi connectivity index (χ0n) is 32.2. The fraction of sp³-hybridized carbons (Fsp3) is 0. The third-order valence-corrected chi connectivity index (χ3v) is 12.2. The van der Waals surface area contributed by atoms with E-state index in [1.54, 1.807) is 0 Å². The molecule has 3 aromatic heterocycles. The van der Waals surface area contributed by atoms with E-state index in [4.69, 9.17) is 19.4 Å². The summed E-state index contributed by atoms with van der Waals surface area (Å²) in [5.41, 5.74) is 7.72. The van der Waals surface area contributed by atoms with Gasteiger partial charge < -0.3 is 8.98 Å². The van der Waals surface area contributed by atoms with Crippen LogP contribution in [0.1, 0.15) is 0 Å². The second-order valence-corrected chi connectivity index (χ2v) is 15.6. The second-order valence-electron chi connectivity index (χ2n) is 15.6. The molecule has 0 unspecified atom stereocenters. The van der Waals surface area contributed by atoms with Gasteiger partial charge in [0, 0.05) is 38.1 Å². The molecule has 0 N–H and O–H groups in total. The first kappa shape index (κ1) is 32.9. The van der Waals surface area contributed by atoms with Crippen molar-refractivity contribution in [2.45, 2.75) is 0 Å². The molecule has 0 fully saturated rings. The molecular weight excluding hydrogens is 733 g/mol. The zero-order chi connectivity index (χ0) is 39.3. The fourth-order valence-electron chi connectivity index (χ4n) is 9.41. The van der Waals surface area contributed by atoms with Gasteiger partial charge in [-0.3, -0.25) is 0 Å². The van der Waals surface area contributed by atoms with Crippen molar-refractivity contribution < 1.29 is 4.42 Å². The molecule has 5 nitrogen and oxygen atoms in total. The monoisotopic (exact) mass is 764 g/mol. The van der Waals surface area contributed by atoms with E-state index in [0.717, 1.165) is 65.9 Å². The van der Waals surface area contributed by atoms with Crippen LogP contribution >= 0.6 is 0 Å². The SMILES string of the molecule is c1ccc(-c2nc(-c3cccc4ccccc34)nc(-c3cccc4c3oc3ccc5c(-n6c7cc8ccccc8cc7c7cc8ccccc8cc76)cccc5c34)n2)cc1. The zero-order valence-corrected chi connectivity index (χ0v) is 32.2. The molecule has 0 atom stereocenters. The number of aromatic nitrogens is 4. The number of hydrogen-bond acceptors (Lipinski definition) is 4. The van der Waals surface area contributed by atoms with Crippen molar-refractivity contribution in [3.63, 3.8) is 0 Å². The van der Waals surface area contributed by atoms with Crippen LogP contribution < -0.4 is 0 Å². The van der Waals surface area contributed by atoms with Crippen LogP contribution in [-0.4, -0.2) is 19.5 Å². The summed E-state index contributed by atoms with van der Waals surface area (Å²) in [6, 6.07) is 68.7. The maximum Gasteiger partial charge on any atom is 0.167 e. The number of para-hydroxylation sites is 1. The lowest BCUT2D eigenvalue weighted by Crippen LogP contribution is -2.00. The minimum absolute atomic E-state index is 0.561. The van der Waals surface area contributed by atoms with E-state index in [-0.39, 0.29) is 0 Å². The Hall–Kier alpha value is -8.15. The van der Waals surface area contributed by atoms with Gasteiger partial charge in [-0.25, -0.2) is 15.0 Å². The smallest absolute Gasteiger partial charge is 0.167 e. The molecule has 0 aliphatic heterocycles. The summed E-state index contributed by atoms with van der Waals surface area (Å²) in [6.45, 7) is 0. The summed E-state index contributed by atoms with van der Waals surface area (Å²) in [5, 5.41) is 13.9. The quantitative estimate of drug-likeness (QED) is 0.179. The molecule has 0 saturated carbocycles. The molecule has 0 aliphatic carbocycles. The van der Waals surface area contributed by atoms with Crippen LogP contribution in [0.25, 0.3) is 127 Å². The van der Waals surface area contributed by atoms with Gasteiger partial charge in [-0.1, -0.05) is 146 Å². The molecule has 13 aromatic rings. The molecule has 0 spiro atoms. The van der Waals surface area contributed by atoms with Crippen LogP contribution in [-0.2, 0) is 0 Å². The lowest BCUT2D eigenvalue weighted by atomic mass is 10.0. The molecule has 0 amide bonds. The van der Waals surface area contributed by atoms with Crippen LogP contribution in [0.3, 0.4) is 0 Å². The van der Waals surface area contributed by atoms with Gasteiger partial charge in [0.15, 0.2) is 17.5 Å². The molecule has 0 bridgehead atoms. The maximum absolute atomic E-state index is 6.87. The average Bonchev–Trinajstić information content (AvgIpc) is 3.85. The highest BCUT2D eigenvalue weighted by molar-refractivity contribution is 6.23. The average molecular weight is 765 g/mol. The minimum Gasteiger partial charge on any atom is -0.455 e. The van der Waals surface area contributed by atoms with Crippen molar-refractivity contribution in [1.29, 1.82) is 0 Å². The van der Waals surface area contributed by atoms with Gasteiger partial charge in [-0.2, -0.15) is 0 Å². The van der Waals surface area contributed by atoms with E-state index in [0.29, 0.717) is 17.5 Å². The maximum atomic E-state index is 6.87. The lowest BCUT2D eigenvalue weighted by molar-refractivity contribution is 0.670. The van der Waals surface area contributed by atoms with Crippen LogP contribution in [0.15, 0.2) is 199 Å². The number of furan rings is 1. The normalized spacial score (nSPS) is 12.0. The Morgan fingerprint density at radius 2 is 0.883 bits per heavy atom. The standard InChI is InChI=1S/C55H32N4O/c1-2-14-34(15-3-1)53-56-54(42-23-10-20-33-13-8-9-21-39(33)42)58-55(57-53)44-25-11-24-43-51-41-22-12-26-47(40(41)27-28-50(51)60-52(43)44)59-48-31-37-18-6-4-16-35(37)29-45(48)46-30-36-17-5-7-19-38(36)32-49(46)59/h1-32H. The molecule has 3 heterocycles. The highest BCUT2D eigenvalue weighted by atomic mass is 16.3. The first-order valence-corrected chi connectivity index (χ1v) is 20.3. The Bertz CT molecular complexity index is 3800. The van der Waals surface area contributed by atoms with E-state index in [1.165, 1.54) is 43.4 Å². The largest absolute Gasteiger partial charge is 0.455 e. The molecule has 0 saturated heterocycles. The van der Waals surface area contributed by atoms with Gasteiger partial charge >= 0.3 is 0 Å². The van der Waals surface area contributed by atoms with Crippen LogP contribution in [0.4, 0.5) is 0 Å². The van der Waals surface area contributed by atoms with Crippen LogP contribution in [0, 0.1) is 0 Å². The van der Waals surface area contributed by atoms with E-state index in [2.05, 4.69) is 168 Å². The third kappa shape index (κ3) is 4.90. The lowest BCUT2D eigenvalue weighted by Gasteiger charge is -2.13. The molecule has 13 rings (SSSR count). The first-order valence-electron chi connectivity index (χ1n) is 20.3. The number of benzene rings is 10. The molecule has 10 aromatic carbocycles. The summed E-state index contributed by atoms with van der Waals surface area (Å²) in [6.07, 6.45) is 0. The second kappa shape index (κ2) is 12.7. The molecule has 0 radical (unpaired) electrons. The Balaban J connectivity index is 1.06. The summed E-state index contributed by atoms with van der Waals surface area (Å²) >= 11 is 0. The Kier molecular flexibility index (Phi) is 6.95. The van der Waals surface area contributed by atoms with Crippen LogP contribution in [0.2, 0.25) is 0 Å². The van der Waals surface area contributed by atoms with E-state index in [1.807, 2.05) is 30.3 Å². The third-order valence-electron chi connectivity index (χ3n) is 12.2. The van der Waals surface area contributed by atoms with Gasteiger partial charge in [-0.15, -0.1) is 0 Å². The highest BCUT2D eigenvalue weighted by Gasteiger charge is 2.22. The van der Waals surface area contributed by atoms with Crippen molar-refractivity contribution in [2.24, 2.45) is 0 Å². The van der Waals surface area contributed by atoms with Gasteiger partial charge in [0.2, 0.25) is 0 Å². The van der Waals surface area contributed by atoms with Crippen molar-refractivity contribution in [3.8, 4) is 39.9 Å². The van der Waals surface area contributed by atoms with Crippen molar-refractivity contribution in [3.05, 3.63) is 194 Å². The molecule has 5 heteroatoms. The topological polar surface area (TPSA) is 56.7 Å². The fourth-order valence-corrected chi connectivity index (χ4v) is 9.41. The van der Waals surface area contributed by atoms with E-state index in [9.17, 15) is 0 Å². The summed E-state index contributed by atoms with van der Waals surface area (Å²) in [4.78, 5) is 15.4. The first-order chi connectivity index (χ1) is 29.7.